The van der Waals surface area contributed by atoms with E-state index in [-0.39, 0.29) is 40.9 Å². The standard InChI is InChI=1S/C22H21F2N3O2/c1-12-7-16(23)8-15-4-6-27(13(2)21(12)15)20(28)11-26-19-9-14-3-5-25-22(29)17(14)10-18(19)24/h3,5,7-10,13,26H,4,6,11H2,1-2H3,(H,25,29). The zero-order valence-electron chi connectivity index (χ0n) is 16.2. The fourth-order valence-electron chi connectivity index (χ4n) is 4.18. The maximum Gasteiger partial charge on any atom is 0.255 e. The second-order valence-corrected chi connectivity index (χ2v) is 7.39. The van der Waals surface area contributed by atoms with Gasteiger partial charge < -0.3 is 15.2 Å². The number of fused-ring (bicyclic) bond motifs is 2. The number of nitrogens with one attached hydrogen (secondary N) is 2. The van der Waals surface area contributed by atoms with Gasteiger partial charge in [0.2, 0.25) is 5.91 Å². The number of aryl methyl sites for hydroxylation is 1. The number of nitrogens with zero attached hydrogens (tertiary/aromatic N) is 1. The number of rotatable bonds is 3. The molecule has 0 saturated carbocycles. The minimum absolute atomic E-state index is 0.0778. The van der Waals surface area contributed by atoms with Crippen molar-refractivity contribution in [3.8, 4) is 0 Å². The normalized spacial score (nSPS) is 16.0. The van der Waals surface area contributed by atoms with E-state index in [1.54, 1.807) is 11.0 Å². The first-order chi connectivity index (χ1) is 13.8. The van der Waals surface area contributed by atoms with Crippen molar-refractivity contribution in [3.63, 3.8) is 0 Å². The molecule has 4 rings (SSSR count). The number of aromatic nitrogens is 1. The molecule has 3 aromatic rings. The summed E-state index contributed by atoms with van der Waals surface area (Å²) in [7, 11) is 0. The van der Waals surface area contributed by atoms with Gasteiger partial charge in [0.1, 0.15) is 11.6 Å². The highest BCUT2D eigenvalue weighted by atomic mass is 19.1. The molecule has 0 aliphatic carbocycles. The summed E-state index contributed by atoms with van der Waals surface area (Å²) < 4.78 is 28.1. The Bertz CT molecular complexity index is 1170. The van der Waals surface area contributed by atoms with Crippen LogP contribution in [0, 0.1) is 18.6 Å². The molecule has 0 bridgehead atoms. The summed E-state index contributed by atoms with van der Waals surface area (Å²) in [5.74, 6) is -1.02. The number of carbonyl (C=O) groups excluding carboxylic acids is 1. The van der Waals surface area contributed by atoms with Gasteiger partial charge in [-0.3, -0.25) is 9.59 Å². The summed E-state index contributed by atoms with van der Waals surface area (Å²) in [5.41, 5.74) is 2.53. The molecule has 150 valence electrons. The minimum atomic E-state index is -0.592. The summed E-state index contributed by atoms with van der Waals surface area (Å²) in [6, 6.07) is 7.19. The Morgan fingerprint density at radius 3 is 2.86 bits per heavy atom. The Balaban J connectivity index is 1.52. The summed E-state index contributed by atoms with van der Waals surface area (Å²) in [4.78, 5) is 28.8. The zero-order valence-corrected chi connectivity index (χ0v) is 16.2. The number of pyridine rings is 1. The lowest BCUT2D eigenvalue weighted by Gasteiger charge is -2.36. The predicted molar refractivity (Wildman–Crippen MR) is 108 cm³/mol. The summed E-state index contributed by atoms with van der Waals surface area (Å²) in [6.45, 7) is 4.17. The number of amides is 1. The molecule has 2 N–H and O–H groups in total. The molecular weight excluding hydrogens is 376 g/mol. The third kappa shape index (κ3) is 3.48. The van der Waals surface area contributed by atoms with Gasteiger partial charge in [-0.1, -0.05) is 0 Å². The Kier molecular flexibility index (Phi) is 4.82. The fourth-order valence-corrected chi connectivity index (χ4v) is 4.18. The van der Waals surface area contributed by atoms with Crippen molar-refractivity contribution in [2.75, 3.05) is 18.4 Å². The number of carbonyl (C=O) groups is 1. The Morgan fingerprint density at radius 1 is 1.28 bits per heavy atom. The molecule has 2 heterocycles. The highest BCUT2D eigenvalue weighted by molar-refractivity contribution is 5.87. The molecule has 2 aromatic carbocycles. The highest BCUT2D eigenvalue weighted by Crippen LogP contribution is 2.32. The number of hydrogen-bond acceptors (Lipinski definition) is 3. The third-order valence-electron chi connectivity index (χ3n) is 5.56. The Labute approximate surface area is 166 Å². The minimum Gasteiger partial charge on any atom is -0.374 e. The van der Waals surface area contributed by atoms with Crippen LogP contribution in [0.3, 0.4) is 0 Å². The van der Waals surface area contributed by atoms with E-state index in [0.29, 0.717) is 18.4 Å². The molecule has 5 nitrogen and oxygen atoms in total. The number of H-pyrrole nitrogens is 1. The molecule has 0 fully saturated rings. The van der Waals surface area contributed by atoms with Gasteiger partial charge in [-0.15, -0.1) is 0 Å². The van der Waals surface area contributed by atoms with Crippen LogP contribution in [0.2, 0.25) is 0 Å². The van der Waals surface area contributed by atoms with Crippen molar-refractivity contribution in [3.05, 3.63) is 75.2 Å². The van der Waals surface area contributed by atoms with E-state index in [9.17, 15) is 18.4 Å². The molecule has 0 radical (unpaired) electrons. The second kappa shape index (κ2) is 7.31. The van der Waals surface area contributed by atoms with Gasteiger partial charge in [0.05, 0.1) is 23.7 Å². The van der Waals surface area contributed by atoms with Crippen molar-refractivity contribution >= 4 is 22.4 Å². The third-order valence-corrected chi connectivity index (χ3v) is 5.56. The topological polar surface area (TPSA) is 65.2 Å². The van der Waals surface area contributed by atoms with Gasteiger partial charge in [0.25, 0.3) is 5.56 Å². The average molecular weight is 397 g/mol. The van der Waals surface area contributed by atoms with Crippen molar-refractivity contribution in [1.29, 1.82) is 0 Å². The van der Waals surface area contributed by atoms with E-state index in [0.717, 1.165) is 16.7 Å². The molecule has 1 atom stereocenters. The van der Waals surface area contributed by atoms with Crippen molar-refractivity contribution < 1.29 is 13.6 Å². The van der Waals surface area contributed by atoms with Crippen molar-refractivity contribution in [2.24, 2.45) is 0 Å². The van der Waals surface area contributed by atoms with E-state index in [2.05, 4.69) is 10.3 Å². The Morgan fingerprint density at radius 2 is 2.07 bits per heavy atom. The molecule has 1 aromatic heterocycles. The van der Waals surface area contributed by atoms with Crippen LogP contribution in [0.1, 0.15) is 29.7 Å². The maximum atomic E-state index is 14.4. The van der Waals surface area contributed by atoms with Crippen LogP contribution in [0.15, 0.2) is 41.3 Å². The van der Waals surface area contributed by atoms with Crippen LogP contribution in [0.4, 0.5) is 14.5 Å². The molecule has 29 heavy (non-hydrogen) atoms. The lowest BCUT2D eigenvalue weighted by molar-refractivity contribution is -0.131. The summed E-state index contributed by atoms with van der Waals surface area (Å²) in [5, 5.41) is 3.69. The quantitative estimate of drug-likeness (QED) is 0.709. The number of aromatic amines is 1. The number of halogens is 2. The lowest BCUT2D eigenvalue weighted by Crippen LogP contribution is -2.42. The Hall–Kier alpha value is -3.22. The lowest BCUT2D eigenvalue weighted by atomic mass is 9.89. The monoisotopic (exact) mass is 397 g/mol. The number of hydrogen-bond donors (Lipinski definition) is 2. The SMILES string of the molecule is Cc1cc(F)cc2c1C(C)N(C(=O)CNc1cc3cc[nH]c(=O)c3cc1F)CC2. The van der Waals surface area contributed by atoms with Gasteiger partial charge in [0, 0.05) is 12.7 Å². The van der Waals surface area contributed by atoms with Crippen LogP contribution >= 0.6 is 0 Å². The van der Waals surface area contributed by atoms with Crippen molar-refractivity contribution in [2.45, 2.75) is 26.3 Å². The van der Waals surface area contributed by atoms with Crippen LogP contribution in [0.25, 0.3) is 10.8 Å². The van der Waals surface area contributed by atoms with E-state index >= 15 is 0 Å². The molecule has 1 unspecified atom stereocenters. The van der Waals surface area contributed by atoms with Crippen LogP contribution in [-0.4, -0.2) is 28.9 Å². The summed E-state index contributed by atoms with van der Waals surface area (Å²) >= 11 is 0. The van der Waals surface area contributed by atoms with E-state index < -0.39 is 5.82 Å². The van der Waals surface area contributed by atoms with Gasteiger partial charge >= 0.3 is 0 Å². The maximum absolute atomic E-state index is 14.4. The largest absolute Gasteiger partial charge is 0.374 e. The number of anilines is 1. The van der Waals surface area contributed by atoms with Gasteiger partial charge in [-0.05, 0) is 72.7 Å². The smallest absolute Gasteiger partial charge is 0.255 e. The van der Waals surface area contributed by atoms with Crippen LogP contribution in [-0.2, 0) is 11.2 Å². The molecule has 7 heteroatoms. The fraction of sp³-hybridized carbons (Fsp3) is 0.273. The molecule has 1 amide bonds. The van der Waals surface area contributed by atoms with Gasteiger partial charge in [0.15, 0.2) is 0 Å². The predicted octanol–water partition coefficient (Wildman–Crippen LogP) is 3.67. The van der Waals surface area contributed by atoms with E-state index in [4.69, 9.17) is 0 Å². The first-order valence-corrected chi connectivity index (χ1v) is 9.48. The number of benzene rings is 2. The van der Waals surface area contributed by atoms with E-state index in [1.165, 1.54) is 30.5 Å². The van der Waals surface area contributed by atoms with Gasteiger partial charge in [-0.2, -0.15) is 0 Å². The van der Waals surface area contributed by atoms with Crippen LogP contribution < -0.4 is 10.9 Å². The first kappa shape index (κ1) is 19.1. The second-order valence-electron chi connectivity index (χ2n) is 7.39. The molecule has 0 spiro atoms. The molecule has 1 aliphatic heterocycles. The first-order valence-electron chi connectivity index (χ1n) is 9.48. The summed E-state index contributed by atoms with van der Waals surface area (Å²) in [6.07, 6.45) is 2.08. The molecular formula is C22H21F2N3O2. The van der Waals surface area contributed by atoms with Crippen molar-refractivity contribution in [1.82, 2.24) is 9.88 Å². The molecule has 0 saturated heterocycles. The highest BCUT2D eigenvalue weighted by Gasteiger charge is 2.29. The van der Waals surface area contributed by atoms with Crippen LogP contribution in [0.5, 0.6) is 0 Å². The zero-order chi connectivity index (χ0) is 20.7. The average Bonchev–Trinajstić information content (AvgIpc) is 2.66. The van der Waals surface area contributed by atoms with Gasteiger partial charge in [-0.25, -0.2) is 8.78 Å². The molecule has 1 aliphatic rings. The van der Waals surface area contributed by atoms with E-state index in [1.807, 2.05) is 13.8 Å².